The number of carbonyl (C=O) groups is 1. The first-order valence-electron chi connectivity index (χ1n) is 7.38. The van der Waals surface area contributed by atoms with Crippen LogP contribution >= 0.6 is 0 Å². The van der Waals surface area contributed by atoms with E-state index in [1.165, 1.54) is 12.1 Å². The van der Waals surface area contributed by atoms with E-state index in [0.29, 0.717) is 0 Å². The third-order valence-electron chi connectivity index (χ3n) is 4.46. The van der Waals surface area contributed by atoms with Crippen molar-refractivity contribution in [1.29, 1.82) is 0 Å². The Morgan fingerprint density at radius 2 is 1.79 bits per heavy atom. The molecule has 9 heteroatoms. The maximum Gasteiger partial charge on any atom is 0.497 e. The molecule has 1 aromatic rings. The quantitative estimate of drug-likeness (QED) is 0.824. The van der Waals surface area contributed by atoms with Gasteiger partial charge in [0.1, 0.15) is 5.82 Å². The zero-order valence-corrected chi connectivity index (χ0v) is 13.8. The summed E-state index contributed by atoms with van der Waals surface area (Å²) in [7, 11) is -1.12. The summed E-state index contributed by atoms with van der Waals surface area (Å²) in [6.07, 6.45) is -4.48. The first-order chi connectivity index (χ1) is 11.0. The Hall–Kier alpha value is -1.74. The van der Waals surface area contributed by atoms with Crippen molar-refractivity contribution in [3.05, 3.63) is 29.1 Å². The maximum atomic E-state index is 14.6. The van der Waals surface area contributed by atoms with Crippen molar-refractivity contribution in [3.8, 4) is 0 Å². The van der Waals surface area contributed by atoms with Gasteiger partial charge in [-0.1, -0.05) is 12.1 Å². The summed E-state index contributed by atoms with van der Waals surface area (Å²) in [5.41, 5.74) is -2.60. The molecule has 0 saturated carbocycles. The third kappa shape index (κ3) is 3.37. The number of alkyl halides is 2. The first kappa shape index (κ1) is 18.6. The van der Waals surface area contributed by atoms with Crippen LogP contribution in [-0.2, 0) is 15.9 Å². The summed E-state index contributed by atoms with van der Waals surface area (Å²) in [5, 5.41) is 10.5. The minimum absolute atomic E-state index is 0.134. The Bertz CT molecular complexity index is 636. The van der Waals surface area contributed by atoms with Crippen molar-refractivity contribution < 1.29 is 32.4 Å². The number of hydrogen-bond donors (Lipinski definition) is 2. The van der Waals surface area contributed by atoms with E-state index in [0.717, 1.165) is 0 Å². The number of rotatable bonds is 4. The van der Waals surface area contributed by atoms with Crippen LogP contribution in [0.15, 0.2) is 12.1 Å². The number of carboxylic acid groups (broad SMARTS) is 1. The minimum atomic E-state index is -3.10. The van der Waals surface area contributed by atoms with Gasteiger partial charge in [0, 0.05) is 12.0 Å². The Kier molecular flexibility index (Phi) is 4.87. The molecule has 1 saturated heterocycles. The van der Waals surface area contributed by atoms with Crippen LogP contribution in [0.3, 0.4) is 0 Å². The number of halogens is 3. The number of nitrogens with one attached hydrogen (secondary N) is 1. The molecular weight excluding hydrogens is 326 g/mol. The van der Waals surface area contributed by atoms with Gasteiger partial charge in [0.2, 0.25) is 0 Å². The highest BCUT2D eigenvalue weighted by molar-refractivity contribution is 6.62. The van der Waals surface area contributed by atoms with Gasteiger partial charge in [0.15, 0.2) is 0 Å². The number of benzene rings is 1. The normalized spacial score (nSPS) is 18.9. The lowest BCUT2D eigenvalue weighted by atomic mass is 9.77. The predicted molar refractivity (Wildman–Crippen MR) is 81.9 cm³/mol. The fourth-order valence-electron chi connectivity index (χ4n) is 2.36. The molecule has 2 rings (SSSR count). The zero-order valence-electron chi connectivity index (χ0n) is 13.8. The number of hydrogen-bond acceptors (Lipinski definition) is 3. The van der Waals surface area contributed by atoms with Gasteiger partial charge in [-0.2, -0.15) is 0 Å². The van der Waals surface area contributed by atoms with E-state index in [9.17, 15) is 18.0 Å². The second kappa shape index (κ2) is 6.29. The fourth-order valence-corrected chi connectivity index (χ4v) is 2.36. The highest BCUT2D eigenvalue weighted by Gasteiger charge is 2.52. The molecule has 1 amide bonds. The molecule has 1 heterocycles. The van der Waals surface area contributed by atoms with Gasteiger partial charge in [-0.15, -0.1) is 0 Å². The van der Waals surface area contributed by atoms with E-state index >= 15 is 0 Å². The summed E-state index contributed by atoms with van der Waals surface area (Å²) in [6, 6.07) is 2.53. The van der Waals surface area contributed by atoms with Crippen molar-refractivity contribution in [2.24, 2.45) is 0 Å². The molecule has 0 radical (unpaired) electrons. The molecule has 1 aromatic carbocycles. The van der Waals surface area contributed by atoms with Gasteiger partial charge >= 0.3 is 13.2 Å². The van der Waals surface area contributed by atoms with Crippen LogP contribution in [0.4, 0.5) is 18.0 Å². The highest BCUT2D eigenvalue weighted by atomic mass is 19.3. The van der Waals surface area contributed by atoms with Gasteiger partial charge < -0.3 is 19.7 Å². The first-order valence-corrected chi connectivity index (χ1v) is 7.38. The molecule has 2 N–H and O–H groups in total. The van der Waals surface area contributed by atoms with E-state index in [1.807, 2.05) is 5.32 Å². The summed E-state index contributed by atoms with van der Waals surface area (Å²) in [5.74, 6) is -1.15. The summed E-state index contributed by atoms with van der Waals surface area (Å²) in [4.78, 5) is 10.5. The summed E-state index contributed by atoms with van der Waals surface area (Å²) < 4.78 is 52.6. The molecular formula is C15H19BF3NO4. The topological polar surface area (TPSA) is 67.8 Å². The Morgan fingerprint density at radius 1 is 1.25 bits per heavy atom. The molecule has 5 nitrogen and oxygen atoms in total. The molecule has 0 unspecified atom stereocenters. The van der Waals surface area contributed by atoms with E-state index in [-0.39, 0.29) is 11.0 Å². The van der Waals surface area contributed by atoms with Crippen LogP contribution in [0.25, 0.3) is 0 Å². The maximum absolute atomic E-state index is 14.6. The predicted octanol–water partition coefficient (Wildman–Crippen LogP) is 2.83. The summed E-state index contributed by atoms with van der Waals surface area (Å²) >= 11 is 0. The summed E-state index contributed by atoms with van der Waals surface area (Å²) in [6.45, 7) is 6.65. The second-order valence-electron chi connectivity index (χ2n) is 6.59. The van der Waals surface area contributed by atoms with Crippen LogP contribution in [-0.4, -0.2) is 29.5 Å². The smallest absolute Gasteiger partial charge is 0.465 e. The SMILES string of the molecule is CC1(C)OB(c2ccc(CNC(=O)O)c(C(F)F)c2F)OC1(C)C. The van der Waals surface area contributed by atoms with Crippen molar-refractivity contribution >= 4 is 18.7 Å². The molecule has 1 fully saturated rings. The Balaban J connectivity index is 2.40. The fraction of sp³-hybridized carbons (Fsp3) is 0.533. The van der Waals surface area contributed by atoms with Crippen molar-refractivity contribution in [2.45, 2.75) is 51.9 Å². The van der Waals surface area contributed by atoms with Gasteiger partial charge in [0.25, 0.3) is 6.43 Å². The average molecular weight is 345 g/mol. The molecule has 1 aliphatic rings. The van der Waals surface area contributed by atoms with E-state index in [1.54, 1.807) is 27.7 Å². The zero-order chi connectivity index (χ0) is 18.3. The van der Waals surface area contributed by atoms with E-state index < -0.39 is 48.8 Å². The lowest BCUT2D eigenvalue weighted by Gasteiger charge is -2.32. The Morgan fingerprint density at radius 3 is 2.25 bits per heavy atom. The standard InChI is InChI=1S/C15H19BF3NO4/c1-14(2)15(3,4)24-16(23-14)9-6-5-8(7-20-13(21)22)10(11(9)17)12(18)19/h5-6,12,20H,7H2,1-4H3,(H,21,22). The van der Waals surface area contributed by atoms with Crippen LogP contribution in [0, 0.1) is 5.82 Å². The highest BCUT2D eigenvalue weighted by Crippen LogP contribution is 2.37. The van der Waals surface area contributed by atoms with Crippen LogP contribution in [0.5, 0.6) is 0 Å². The van der Waals surface area contributed by atoms with Crippen LogP contribution in [0.1, 0.15) is 45.2 Å². The molecule has 0 aromatic heterocycles. The van der Waals surface area contributed by atoms with Gasteiger partial charge in [-0.05, 0) is 33.3 Å². The van der Waals surface area contributed by atoms with Crippen molar-refractivity contribution in [3.63, 3.8) is 0 Å². The average Bonchev–Trinajstić information content (AvgIpc) is 2.64. The van der Waals surface area contributed by atoms with Crippen molar-refractivity contribution in [2.75, 3.05) is 0 Å². The monoisotopic (exact) mass is 345 g/mol. The van der Waals surface area contributed by atoms with Crippen LogP contribution < -0.4 is 10.8 Å². The largest absolute Gasteiger partial charge is 0.497 e. The molecule has 0 spiro atoms. The van der Waals surface area contributed by atoms with Gasteiger partial charge in [-0.25, -0.2) is 18.0 Å². The van der Waals surface area contributed by atoms with Crippen LogP contribution in [0.2, 0.25) is 0 Å². The van der Waals surface area contributed by atoms with Gasteiger partial charge in [-0.3, -0.25) is 0 Å². The van der Waals surface area contributed by atoms with Crippen molar-refractivity contribution in [1.82, 2.24) is 5.32 Å². The molecule has 1 aliphatic heterocycles. The van der Waals surface area contributed by atoms with Gasteiger partial charge in [0.05, 0.1) is 16.8 Å². The molecule has 132 valence electrons. The second-order valence-corrected chi connectivity index (χ2v) is 6.59. The molecule has 0 bridgehead atoms. The molecule has 24 heavy (non-hydrogen) atoms. The van der Waals surface area contributed by atoms with E-state index in [4.69, 9.17) is 14.4 Å². The minimum Gasteiger partial charge on any atom is -0.465 e. The molecule has 0 aliphatic carbocycles. The number of amides is 1. The molecule has 0 atom stereocenters. The van der Waals surface area contributed by atoms with E-state index in [2.05, 4.69) is 0 Å². The lowest BCUT2D eigenvalue weighted by molar-refractivity contribution is 0.00578. The third-order valence-corrected chi connectivity index (χ3v) is 4.46. The Labute approximate surface area is 138 Å². The lowest BCUT2D eigenvalue weighted by Crippen LogP contribution is -2.41.